The SMILES string of the molecule is O=C(NC1(c2ccc(Br)cc2)CC1)C12CC3CC(CC(C3)C1)C2. The van der Waals surface area contributed by atoms with Gasteiger partial charge in [-0.2, -0.15) is 0 Å². The molecule has 1 aromatic rings. The fourth-order valence-electron chi connectivity index (χ4n) is 6.12. The number of halogens is 1. The van der Waals surface area contributed by atoms with Gasteiger partial charge in [0.25, 0.3) is 0 Å². The van der Waals surface area contributed by atoms with Gasteiger partial charge in [-0.3, -0.25) is 4.79 Å². The number of carbonyl (C=O) groups is 1. The monoisotopic (exact) mass is 373 g/mol. The van der Waals surface area contributed by atoms with Crippen molar-refractivity contribution in [3.63, 3.8) is 0 Å². The molecule has 0 aliphatic heterocycles. The molecule has 0 aromatic heterocycles. The van der Waals surface area contributed by atoms with Crippen molar-refractivity contribution in [3.05, 3.63) is 34.3 Å². The summed E-state index contributed by atoms with van der Waals surface area (Å²) >= 11 is 3.50. The number of hydrogen-bond donors (Lipinski definition) is 1. The Balaban J connectivity index is 1.38. The smallest absolute Gasteiger partial charge is 0.226 e. The zero-order valence-corrected chi connectivity index (χ0v) is 15.1. The van der Waals surface area contributed by atoms with Crippen LogP contribution in [0.5, 0.6) is 0 Å². The fraction of sp³-hybridized carbons (Fsp3) is 0.650. The molecule has 4 bridgehead atoms. The van der Waals surface area contributed by atoms with Gasteiger partial charge in [-0.1, -0.05) is 28.1 Å². The number of rotatable bonds is 3. The highest BCUT2D eigenvalue weighted by Gasteiger charge is 2.57. The molecule has 5 fully saturated rings. The van der Waals surface area contributed by atoms with Crippen molar-refractivity contribution >= 4 is 21.8 Å². The van der Waals surface area contributed by atoms with Gasteiger partial charge in [0.1, 0.15) is 0 Å². The molecule has 1 amide bonds. The Morgan fingerprint density at radius 3 is 1.96 bits per heavy atom. The Labute approximate surface area is 146 Å². The average molecular weight is 374 g/mol. The lowest BCUT2D eigenvalue weighted by Gasteiger charge is -2.56. The normalized spacial score (nSPS) is 39.3. The van der Waals surface area contributed by atoms with E-state index in [9.17, 15) is 4.79 Å². The second-order valence-corrected chi connectivity index (χ2v) is 9.66. The molecular formula is C20H24BrNO. The van der Waals surface area contributed by atoms with E-state index in [1.807, 2.05) is 0 Å². The van der Waals surface area contributed by atoms with Gasteiger partial charge in [0, 0.05) is 9.89 Å². The van der Waals surface area contributed by atoms with Crippen LogP contribution >= 0.6 is 15.9 Å². The van der Waals surface area contributed by atoms with Gasteiger partial charge in [-0.05, 0) is 86.8 Å². The summed E-state index contributed by atoms with van der Waals surface area (Å²) in [7, 11) is 0. The van der Waals surface area contributed by atoms with Gasteiger partial charge in [0.15, 0.2) is 0 Å². The molecule has 2 nitrogen and oxygen atoms in total. The van der Waals surface area contributed by atoms with E-state index in [-0.39, 0.29) is 11.0 Å². The second-order valence-electron chi connectivity index (χ2n) is 8.74. The second kappa shape index (κ2) is 4.84. The van der Waals surface area contributed by atoms with Crippen LogP contribution in [-0.2, 0) is 10.3 Å². The van der Waals surface area contributed by atoms with Gasteiger partial charge in [-0.15, -0.1) is 0 Å². The first-order valence-electron chi connectivity index (χ1n) is 9.16. The van der Waals surface area contributed by atoms with Gasteiger partial charge < -0.3 is 5.32 Å². The topological polar surface area (TPSA) is 29.1 Å². The molecule has 0 radical (unpaired) electrons. The predicted molar refractivity (Wildman–Crippen MR) is 93.8 cm³/mol. The van der Waals surface area contributed by atoms with Crippen LogP contribution < -0.4 is 5.32 Å². The quantitative estimate of drug-likeness (QED) is 0.811. The summed E-state index contributed by atoms with van der Waals surface area (Å²) in [6.07, 6.45) is 9.82. The molecule has 5 aliphatic carbocycles. The number of benzene rings is 1. The molecule has 0 saturated heterocycles. The Bertz CT molecular complexity index is 611. The molecule has 6 rings (SSSR count). The first kappa shape index (κ1) is 14.5. The Morgan fingerprint density at radius 2 is 1.48 bits per heavy atom. The van der Waals surface area contributed by atoms with Crippen LogP contribution in [0, 0.1) is 23.2 Å². The van der Waals surface area contributed by atoms with Crippen LogP contribution in [0.4, 0.5) is 0 Å². The van der Waals surface area contributed by atoms with Gasteiger partial charge in [0.2, 0.25) is 5.91 Å². The first-order chi connectivity index (χ1) is 11.1. The summed E-state index contributed by atoms with van der Waals surface area (Å²) < 4.78 is 1.10. The minimum atomic E-state index is -0.0683. The molecule has 1 N–H and O–H groups in total. The third-order valence-electron chi connectivity index (χ3n) is 7.02. The maximum Gasteiger partial charge on any atom is 0.226 e. The summed E-state index contributed by atoms with van der Waals surface area (Å²) in [6.45, 7) is 0. The van der Waals surface area contributed by atoms with E-state index in [0.29, 0.717) is 5.91 Å². The largest absolute Gasteiger partial charge is 0.346 e. The maximum atomic E-state index is 13.3. The standard InChI is InChI=1S/C20H24BrNO/c21-17-3-1-16(2-4-17)20(5-6-20)22-18(23)19-10-13-7-14(11-19)9-15(8-13)12-19/h1-4,13-15H,5-12H2,(H,22,23). The third-order valence-corrected chi connectivity index (χ3v) is 7.55. The highest BCUT2D eigenvalue weighted by atomic mass is 79.9. The van der Waals surface area contributed by atoms with Crippen LogP contribution in [-0.4, -0.2) is 5.91 Å². The van der Waals surface area contributed by atoms with Crippen molar-refractivity contribution in [2.24, 2.45) is 23.2 Å². The lowest BCUT2D eigenvalue weighted by atomic mass is 9.49. The van der Waals surface area contributed by atoms with Crippen LogP contribution in [0.3, 0.4) is 0 Å². The first-order valence-corrected chi connectivity index (χ1v) is 9.95. The third kappa shape index (κ3) is 2.30. The van der Waals surface area contributed by atoms with E-state index in [0.717, 1.165) is 54.3 Å². The van der Waals surface area contributed by atoms with Crippen molar-refractivity contribution in [2.45, 2.75) is 56.9 Å². The summed E-state index contributed by atoms with van der Waals surface area (Å²) in [5, 5.41) is 3.51. The lowest BCUT2D eigenvalue weighted by molar-refractivity contribution is -0.147. The van der Waals surface area contributed by atoms with Gasteiger partial charge in [-0.25, -0.2) is 0 Å². The fourth-order valence-corrected chi connectivity index (χ4v) is 6.38. The van der Waals surface area contributed by atoms with Crippen LogP contribution in [0.1, 0.15) is 56.9 Å². The molecule has 122 valence electrons. The van der Waals surface area contributed by atoms with E-state index in [2.05, 4.69) is 45.5 Å². The molecule has 0 atom stereocenters. The highest BCUT2D eigenvalue weighted by Crippen LogP contribution is 2.60. The molecule has 5 saturated carbocycles. The Kier molecular flexibility index (Phi) is 3.05. The van der Waals surface area contributed by atoms with Crippen LogP contribution in [0.25, 0.3) is 0 Å². The number of amides is 1. The van der Waals surface area contributed by atoms with Crippen LogP contribution in [0.15, 0.2) is 28.7 Å². The molecule has 0 spiro atoms. The summed E-state index contributed by atoms with van der Waals surface area (Å²) in [5.74, 6) is 2.86. The molecule has 3 heteroatoms. The molecule has 1 aromatic carbocycles. The minimum absolute atomic E-state index is 0.0281. The van der Waals surface area contributed by atoms with E-state index < -0.39 is 0 Å². The predicted octanol–water partition coefficient (Wildman–Crippen LogP) is 4.77. The van der Waals surface area contributed by atoms with E-state index in [4.69, 9.17) is 0 Å². The summed E-state index contributed by atoms with van der Waals surface area (Å²) in [5.41, 5.74) is 1.18. The van der Waals surface area contributed by atoms with Crippen molar-refractivity contribution in [1.29, 1.82) is 0 Å². The summed E-state index contributed by atoms with van der Waals surface area (Å²) in [6, 6.07) is 8.51. The summed E-state index contributed by atoms with van der Waals surface area (Å²) in [4.78, 5) is 13.3. The van der Waals surface area contributed by atoms with E-state index in [1.54, 1.807) is 0 Å². The molecular weight excluding hydrogens is 350 g/mol. The zero-order valence-electron chi connectivity index (χ0n) is 13.5. The number of hydrogen-bond acceptors (Lipinski definition) is 1. The van der Waals surface area contributed by atoms with Crippen LogP contribution in [0.2, 0.25) is 0 Å². The van der Waals surface area contributed by atoms with Crippen molar-refractivity contribution in [2.75, 3.05) is 0 Å². The molecule has 23 heavy (non-hydrogen) atoms. The maximum absolute atomic E-state index is 13.3. The van der Waals surface area contributed by atoms with Gasteiger partial charge in [0.05, 0.1) is 5.54 Å². The Hall–Kier alpha value is -0.830. The lowest BCUT2D eigenvalue weighted by Crippen LogP contribution is -2.55. The molecule has 5 aliphatic rings. The van der Waals surface area contributed by atoms with Crippen molar-refractivity contribution in [1.82, 2.24) is 5.32 Å². The zero-order chi connectivity index (χ0) is 15.7. The Morgan fingerprint density at radius 1 is 0.957 bits per heavy atom. The van der Waals surface area contributed by atoms with Gasteiger partial charge >= 0.3 is 0 Å². The van der Waals surface area contributed by atoms with E-state index in [1.165, 1.54) is 24.8 Å². The van der Waals surface area contributed by atoms with Crippen molar-refractivity contribution < 1.29 is 4.79 Å². The number of nitrogens with one attached hydrogen (secondary N) is 1. The van der Waals surface area contributed by atoms with E-state index >= 15 is 0 Å². The number of carbonyl (C=O) groups excluding carboxylic acids is 1. The molecule has 0 heterocycles. The van der Waals surface area contributed by atoms with Crippen molar-refractivity contribution in [3.8, 4) is 0 Å². The molecule has 0 unspecified atom stereocenters. The minimum Gasteiger partial charge on any atom is -0.346 e. The average Bonchev–Trinajstić information content (AvgIpc) is 3.27. The highest BCUT2D eigenvalue weighted by molar-refractivity contribution is 9.10.